The Morgan fingerprint density at radius 3 is 2.45 bits per heavy atom. The van der Waals surface area contributed by atoms with E-state index >= 15 is 0 Å². The third-order valence-corrected chi connectivity index (χ3v) is 7.53. The van der Waals surface area contributed by atoms with E-state index in [1.54, 1.807) is 4.90 Å². The van der Waals surface area contributed by atoms with Gasteiger partial charge < -0.3 is 13.7 Å². The summed E-state index contributed by atoms with van der Waals surface area (Å²) in [5.41, 5.74) is 3.66. The summed E-state index contributed by atoms with van der Waals surface area (Å²) >= 11 is 0. The van der Waals surface area contributed by atoms with Crippen LogP contribution in [-0.4, -0.2) is 36.8 Å². The fraction of sp³-hybridized carbons (Fsp3) is 0.409. The number of benzene rings is 1. The number of hydrogen-bond acceptors (Lipinski definition) is 5. The molecule has 1 amide bonds. The highest BCUT2D eigenvalue weighted by molar-refractivity contribution is 7.91. The number of rotatable bonds is 4. The second-order valence-corrected chi connectivity index (χ2v) is 10.2. The number of aryl methyl sites for hydroxylation is 4. The van der Waals surface area contributed by atoms with E-state index < -0.39 is 15.9 Å². The second-order valence-electron chi connectivity index (χ2n) is 7.99. The van der Waals surface area contributed by atoms with E-state index in [0.29, 0.717) is 17.8 Å². The summed E-state index contributed by atoms with van der Waals surface area (Å²) in [5.74, 6) is 1.40. The summed E-state index contributed by atoms with van der Waals surface area (Å²) in [6, 6.07) is 7.22. The van der Waals surface area contributed by atoms with Crippen LogP contribution in [0.2, 0.25) is 0 Å². The van der Waals surface area contributed by atoms with E-state index in [4.69, 9.17) is 8.83 Å². The molecule has 0 saturated carbocycles. The molecular weight excluding hydrogens is 390 g/mol. The molecule has 1 saturated heterocycles. The number of carbonyl (C=O) groups is 1. The maximum Gasteiger partial charge on any atom is 0.290 e. The minimum absolute atomic E-state index is 0.0318. The highest BCUT2D eigenvalue weighted by atomic mass is 32.2. The molecule has 7 heteroatoms. The molecule has 6 nitrogen and oxygen atoms in total. The van der Waals surface area contributed by atoms with Crippen LogP contribution in [-0.2, 0) is 16.4 Å². The number of amides is 1. The number of carbonyl (C=O) groups excluding carboxylic acids is 1. The Hall–Kier alpha value is -2.54. The van der Waals surface area contributed by atoms with Crippen LogP contribution in [0.1, 0.15) is 45.2 Å². The van der Waals surface area contributed by atoms with Gasteiger partial charge in [-0.25, -0.2) is 8.42 Å². The van der Waals surface area contributed by atoms with Crippen molar-refractivity contribution in [3.05, 3.63) is 58.2 Å². The average Bonchev–Trinajstić information content (AvgIpc) is 3.31. The van der Waals surface area contributed by atoms with Crippen molar-refractivity contribution >= 4 is 26.7 Å². The molecule has 1 atom stereocenters. The Labute approximate surface area is 170 Å². The standard InChI is InChI=1S/C22H25NO5S/c1-13-9-19-16(4)21(28-20(19)10-14(13)2)22(24)23(11-18-6-5-15(3)27-18)17-7-8-29(25,26)12-17/h5-6,9-10,17H,7-8,11-12H2,1-4H3. The summed E-state index contributed by atoms with van der Waals surface area (Å²) in [6.07, 6.45) is 0.422. The van der Waals surface area contributed by atoms with Gasteiger partial charge in [0.05, 0.1) is 18.1 Å². The third-order valence-electron chi connectivity index (χ3n) is 5.78. The zero-order valence-electron chi connectivity index (χ0n) is 17.1. The van der Waals surface area contributed by atoms with E-state index in [9.17, 15) is 13.2 Å². The molecule has 0 N–H and O–H groups in total. The number of sulfone groups is 1. The lowest BCUT2D eigenvalue weighted by atomic mass is 10.0. The Balaban J connectivity index is 1.74. The quantitative estimate of drug-likeness (QED) is 0.641. The first kappa shape index (κ1) is 19.8. The largest absolute Gasteiger partial charge is 0.464 e. The minimum Gasteiger partial charge on any atom is -0.464 e. The molecule has 1 fully saturated rings. The molecule has 1 aliphatic rings. The van der Waals surface area contributed by atoms with Crippen LogP contribution in [0.25, 0.3) is 11.0 Å². The van der Waals surface area contributed by atoms with Crippen LogP contribution in [0.4, 0.5) is 0 Å². The Bertz CT molecular complexity index is 1200. The summed E-state index contributed by atoms with van der Waals surface area (Å²) < 4.78 is 35.7. The zero-order valence-corrected chi connectivity index (χ0v) is 17.9. The molecule has 2 aromatic heterocycles. The summed E-state index contributed by atoms with van der Waals surface area (Å²) in [4.78, 5) is 15.1. The Kier molecular flexibility index (Phi) is 4.81. The predicted molar refractivity (Wildman–Crippen MR) is 111 cm³/mol. The molecule has 3 aromatic rings. The van der Waals surface area contributed by atoms with Gasteiger partial charge in [0.15, 0.2) is 15.6 Å². The van der Waals surface area contributed by atoms with Gasteiger partial charge in [-0.05, 0) is 69.5 Å². The van der Waals surface area contributed by atoms with Crippen molar-refractivity contribution in [2.75, 3.05) is 11.5 Å². The van der Waals surface area contributed by atoms with E-state index in [1.807, 2.05) is 52.0 Å². The molecule has 0 bridgehead atoms. The van der Waals surface area contributed by atoms with Crippen LogP contribution in [0.15, 0.2) is 33.1 Å². The molecule has 1 aliphatic heterocycles. The van der Waals surface area contributed by atoms with E-state index in [2.05, 4.69) is 0 Å². The molecular formula is C22H25NO5S. The summed E-state index contributed by atoms with van der Waals surface area (Å²) in [7, 11) is -3.14. The first-order valence-corrected chi connectivity index (χ1v) is 11.5. The lowest BCUT2D eigenvalue weighted by molar-refractivity contribution is 0.0634. The molecule has 0 spiro atoms. The van der Waals surface area contributed by atoms with Crippen molar-refractivity contribution < 1.29 is 22.0 Å². The first-order valence-electron chi connectivity index (χ1n) is 9.71. The average molecular weight is 416 g/mol. The van der Waals surface area contributed by atoms with Gasteiger partial charge in [0.25, 0.3) is 5.91 Å². The Morgan fingerprint density at radius 1 is 1.10 bits per heavy atom. The van der Waals surface area contributed by atoms with Crippen molar-refractivity contribution in [1.82, 2.24) is 4.90 Å². The molecule has 0 aliphatic carbocycles. The maximum absolute atomic E-state index is 13.5. The molecule has 29 heavy (non-hydrogen) atoms. The van der Waals surface area contributed by atoms with Gasteiger partial charge in [-0.15, -0.1) is 0 Å². The van der Waals surface area contributed by atoms with Gasteiger partial charge in [-0.3, -0.25) is 4.79 Å². The van der Waals surface area contributed by atoms with Gasteiger partial charge in [0, 0.05) is 17.0 Å². The van der Waals surface area contributed by atoms with Gasteiger partial charge in [0.1, 0.15) is 17.1 Å². The maximum atomic E-state index is 13.5. The van der Waals surface area contributed by atoms with Crippen molar-refractivity contribution in [1.29, 1.82) is 0 Å². The summed E-state index contributed by atoms with van der Waals surface area (Å²) in [6.45, 7) is 7.94. The van der Waals surface area contributed by atoms with Crippen LogP contribution < -0.4 is 0 Å². The molecule has 0 radical (unpaired) electrons. The smallest absolute Gasteiger partial charge is 0.290 e. The first-order chi connectivity index (χ1) is 13.6. The minimum atomic E-state index is -3.14. The van der Waals surface area contributed by atoms with Crippen molar-refractivity contribution in [3.8, 4) is 0 Å². The van der Waals surface area contributed by atoms with Gasteiger partial charge in [0.2, 0.25) is 0 Å². The van der Waals surface area contributed by atoms with Crippen molar-refractivity contribution in [2.24, 2.45) is 0 Å². The van der Waals surface area contributed by atoms with Gasteiger partial charge in [-0.1, -0.05) is 0 Å². The fourth-order valence-electron chi connectivity index (χ4n) is 3.94. The van der Waals surface area contributed by atoms with Crippen LogP contribution in [0.3, 0.4) is 0 Å². The van der Waals surface area contributed by atoms with Gasteiger partial charge in [-0.2, -0.15) is 0 Å². The monoisotopic (exact) mass is 415 g/mol. The van der Waals surface area contributed by atoms with Crippen molar-refractivity contribution in [2.45, 2.75) is 46.7 Å². The van der Waals surface area contributed by atoms with E-state index in [0.717, 1.165) is 27.8 Å². The molecule has 4 rings (SSSR count). The number of fused-ring (bicyclic) bond motifs is 1. The molecule has 1 aromatic carbocycles. The van der Waals surface area contributed by atoms with E-state index in [1.165, 1.54) is 0 Å². The highest BCUT2D eigenvalue weighted by Gasteiger charge is 2.37. The highest BCUT2D eigenvalue weighted by Crippen LogP contribution is 2.31. The SMILES string of the molecule is Cc1ccc(CN(C(=O)c2oc3cc(C)c(C)cc3c2C)C2CCS(=O)(=O)C2)o1. The number of hydrogen-bond donors (Lipinski definition) is 0. The molecule has 154 valence electrons. The van der Waals surface area contributed by atoms with Crippen LogP contribution in [0, 0.1) is 27.7 Å². The summed E-state index contributed by atoms with van der Waals surface area (Å²) in [5, 5.41) is 0.907. The number of furan rings is 2. The van der Waals surface area contributed by atoms with Crippen LogP contribution >= 0.6 is 0 Å². The van der Waals surface area contributed by atoms with Crippen molar-refractivity contribution in [3.63, 3.8) is 0 Å². The third kappa shape index (κ3) is 3.71. The van der Waals surface area contributed by atoms with Crippen LogP contribution in [0.5, 0.6) is 0 Å². The number of nitrogens with zero attached hydrogens (tertiary/aromatic N) is 1. The predicted octanol–water partition coefficient (Wildman–Crippen LogP) is 4.09. The normalized spacial score (nSPS) is 18.4. The lowest BCUT2D eigenvalue weighted by Crippen LogP contribution is -2.40. The zero-order chi connectivity index (χ0) is 20.9. The van der Waals surface area contributed by atoms with Gasteiger partial charge >= 0.3 is 0 Å². The topological polar surface area (TPSA) is 80.7 Å². The Morgan fingerprint density at radius 2 is 1.83 bits per heavy atom. The molecule has 3 heterocycles. The fourth-order valence-corrected chi connectivity index (χ4v) is 5.67. The van der Waals surface area contributed by atoms with E-state index in [-0.39, 0.29) is 29.7 Å². The lowest BCUT2D eigenvalue weighted by Gasteiger charge is -2.26. The second kappa shape index (κ2) is 7.06. The molecule has 1 unspecified atom stereocenters.